The first-order valence-corrected chi connectivity index (χ1v) is 4.14. The molecule has 0 fully saturated rings. The van der Waals surface area contributed by atoms with Crippen molar-refractivity contribution in [1.29, 1.82) is 0 Å². The number of aromatic nitrogens is 1. The molecule has 0 saturated heterocycles. The lowest BCUT2D eigenvalue weighted by molar-refractivity contribution is 0.367. The summed E-state index contributed by atoms with van der Waals surface area (Å²) in [6.07, 6.45) is 1.82. The highest BCUT2D eigenvalue weighted by Gasteiger charge is 2.17. The van der Waals surface area contributed by atoms with Crippen LogP contribution in [0.15, 0.2) is 12.3 Å². The second kappa shape index (κ2) is 2.66. The van der Waals surface area contributed by atoms with Crippen molar-refractivity contribution in [1.82, 2.24) is 4.98 Å². The Morgan fingerprint density at radius 2 is 2.42 bits per heavy atom. The van der Waals surface area contributed by atoms with E-state index in [0.717, 1.165) is 11.6 Å². The van der Waals surface area contributed by atoms with Gasteiger partial charge in [-0.1, -0.05) is 13.8 Å². The maximum absolute atomic E-state index is 5.42. The van der Waals surface area contributed by atoms with Gasteiger partial charge < -0.3 is 10.1 Å². The van der Waals surface area contributed by atoms with Gasteiger partial charge in [-0.2, -0.15) is 0 Å². The zero-order chi connectivity index (χ0) is 8.55. The van der Waals surface area contributed by atoms with E-state index in [9.17, 15) is 0 Å². The Balaban J connectivity index is 2.49. The van der Waals surface area contributed by atoms with Gasteiger partial charge in [-0.05, 0) is 12.0 Å². The highest BCUT2D eigenvalue weighted by atomic mass is 16.5. The normalized spacial score (nSPS) is 13.9. The molecule has 2 heterocycles. The van der Waals surface area contributed by atoms with Crippen molar-refractivity contribution in [3.63, 3.8) is 0 Å². The van der Waals surface area contributed by atoms with E-state index in [1.807, 2.05) is 12.3 Å². The number of hydrogen-bond donors (Lipinski definition) is 1. The Hall–Kier alpha value is -1.25. The van der Waals surface area contributed by atoms with Gasteiger partial charge in [0.15, 0.2) is 18.3 Å². The van der Waals surface area contributed by atoms with E-state index in [1.165, 1.54) is 5.56 Å². The Morgan fingerprint density at radius 3 is 3.17 bits per heavy atom. The van der Waals surface area contributed by atoms with Gasteiger partial charge in [0.25, 0.3) is 0 Å². The summed E-state index contributed by atoms with van der Waals surface area (Å²) in [6.45, 7) is 4.85. The van der Waals surface area contributed by atoms with Crippen LogP contribution in [0.3, 0.4) is 0 Å². The molecular weight excluding hydrogens is 152 g/mol. The SMILES string of the molecule is CC(C)c1ccnc2c1OCN2. The third kappa shape index (κ3) is 1.02. The second-order valence-electron chi connectivity index (χ2n) is 3.20. The van der Waals surface area contributed by atoms with Crippen LogP contribution in [-0.4, -0.2) is 11.7 Å². The summed E-state index contributed by atoms with van der Waals surface area (Å²) < 4.78 is 5.42. The Bertz CT molecular complexity index is 297. The fraction of sp³-hybridized carbons (Fsp3) is 0.444. The third-order valence-electron chi connectivity index (χ3n) is 2.01. The number of anilines is 1. The first-order valence-electron chi connectivity index (χ1n) is 4.14. The summed E-state index contributed by atoms with van der Waals surface area (Å²) >= 11 is 0. The molecule has 1 aromatic rings. The van der Waals surface area contributed by atoms with E-state index < -0.39 is 0 Å². The number of rotatable bonds is 1. The lowest BCUT2D eigenvalue weighted by Crippen LogP contribution is -1.97. The quantitative estimate of drug-likeness (QED) is 0.689. The van der Waals surface area contributed by atoms with Crippen molar-refractivity contribution in [2.45, 2.75) is 19.8 Å². The molecule has 1 aromatic heterocycles. The van der Waals surface area contributed by atoms with Gasteiger partial charge in [0.2, 0.25) is 0 Å². The van der Waals surface area contributed by atoms with Crippen molar-refractivity contribution in [2.75, 3.05) is 12.0 Å². The molecular formula is C9H12N2O. The number of nitrogens with one attached hydrogen (secondary N) is 1. The average Bonchev–Trinajstić information content (AvgIpc) is 2.49. The van der Waals surface area contributed by atoms with Crippen LogP contribution in [0.1, 0.15) is 25.3 Å². The lowest BCUT2D eigenvalue weighted by atomic mass is 10.0. The molecule has 0 radical (unpaired) electrons. The molecule has 0 aliphatic carbocycles. The average molecular weight is 164 g/mol. The lowest BCUT2D eigenvalue weighted by Gasteiger charge is -2.08. The van der Waals surface area contributed by atoms with Crippen LogP contribution in [0.2, 0.25) is 0 Å². The van der Waals surface area contributed by atoms with Crippen molar-refractivity contribution in [3.05, 3.63) is 17.8 Å². The minimum Gasteiger partial charge on any atom is -0.469 e. The molecule has 3 nitrogen and oxygen atoms in total. The largest absolute Gasteiger partial charge is 0.469 e. The Labute approximate surface area is 71.8 Å². The Morgan fingerprint density at radius 1 is 1.58 bits per heavy atom. The molecule has 0 amide bonds. The standard InChI is InChI=1S/C9H12N2O/c1-6(2)7-3-4-10-9-8(7)12-5-11-9/h3-4,6H,5H2,1-2H3,(H,10,11). The fourth-order valence-electron chi connectivity index (χ4n) is 1.37. The first kappa shape index (κ1) is 7.40. The van der Waals surface area contributed by atoms with E-state index in [0.29, 0.717) is 12.6 Å². The zero-order valence-electron chi connectivity index (χ0n) is 7.29. The molecule has 1 aliphatic rings. The molecule has 64 valence electrons. The minimum absolute atomic E-state index is 0.488. The first-order chi connectivity index (χ1) is 5.79. The van der Waals surface area contributed by atoms with Gasteiger partial charge in [0, 0.05) is 11.8 Å². The molecule has 0 aromatic carbocycles. The van der Waals surface area contributed by atoms with E-state index in [1.54, 1.807) is 0 Å². The molecule has 2 rings (SSSR count). The topological polar surface area (TPSA) is 34.1 Å². The molecule has 0 unspecified atom stereocenters. The Kier molecular flexibility index (Phi) is 1.64. The predicted octanol–water partition coefficient (Wildman–Crippen LogP) is 1.97. The van der Waals surface area contributed by atoms with Gasteiger partial charge in [-0.3, -0.25) is 0 Å². The summed E-state index contributed by atoms with van der Waals surface area (Å²) in [5, 5.41) is 3.06. The zero-order valence-corrected chi connectivity index (χ0v) is 7.29. The molecule has 1 aliphatic heterocycles. The summed E-state index contributed by atoms with van der Waals surface area (Å²) in [5.74, 6) is 2.29. The summed E-state index contributed by atoms with van der Waals surface area (Å²) in [4.78, 5) is 4.17. The van der Waals surface area contributed by atoms with Gasteiger partial charge >= 0.3 is 0 Å². The van der Waals surface area contributed by atoms with Crippen LogP contribution in [0.5, 0.6) is 5.75 Å². The second-order valence-corrected chi connectivity index (χ2v) is 3.20. The number of fused-ring (bicyclic) bond motifs is 1. The number of hydrogen-bond acceptors (Lipinski definition) is 3. The number of ether oxygens (including phenoxy) is 1. The van der Waals surface area contributed by atoms with Gasteiger partial charge in [-0.25, -0.2) is 4.98 Å². The fourth-order valence-corrected chi connectivity index (χ4v) is 1.37. The van der Waals surface area contributed by atoms with Crippen molar-refractivity contribution in [2.24, 2.45) is 0 Å². The van der Waals surface area contributed by atoms with Crippen LogP contribution < -0.4 is 10.1 Å². The summed E-state index contributed by atoms with van der Waals surface area (Å²) in [6, 6.07) is 2.01. The summed E-state index contributed by atoms with van der Waals surface area (Å²) in [5.41, 5.74) is 1.23. The molecule has 12 heavy (non-hydrogen) atoms. The highest BCUT2D eigenvalue weighted by molar-refractivity contribution is 5.57. The molecule has 3 heteroatoms. The van der Waals surface area contributed by atoms with Crippen LogP contribution >= 0.6 is 0 Å². The smallest absolute Gasteiger partial charge is 0.171 e. The number of pyridine rings is 1. The van der Waals surface area contributed by atoms with Crippen LogP contribution in [0, 0.1) is 0 Å². The minimum atomic E-state index is 0.488. The van der Waals surface area contributed by atoms with E-state index in [4.69, 9.17) is 4.74 Å². The third-order valence-corrected chi connectivity index (χ3v) is 2.01. The molecule has 0 saturated carbocycles. The van der Waals surface area contributed by atoms with Crippen LogP contribution in [0.4, 0.5) is 5.82 Å². The maximum atomic E-state index is 5.42. The molecule has 0 atom stereocenters. The van der Waals surface area contributed by atoms with Crippen molar-refractivity contribution < 1.29 is 4.74 Å². The van der Waals surface area contributed by atoms with Gasteiger partial charge in [0.05, 0.1) is 0 Å². The van der Waals surface area contributed by atoms with Gasteiger partial charge in [-0.15, -0.1) is 0 Å². The van der Waals surface area contributed by atoms with Crippen molar-refractivity contribution in [3.8, 4) is 5.75 Å². The maximum Gasteiger partial charge on any atom is 0.171 e. The van der Waals surface area contributed by atoms with E-state index >= 15 is 0 Å². The molecule has 0 bridgehead atoms. The predicted molar refractivity (Wildman–Crippen MR) is 47.4 cm³/mol. The highest BCUT2D eigenvalue weighted by Crippen LogP contribution is 2.34. The van der Waals surface area contributed by atoms with E-state index in [-0.39, 0.29) is 0 Å². The number of nitrogens with zero attached hydrogens (tertiary/aromatic N) is 1. The summed E-state index contributed by atoms with van der Waals surface area (Å²) in [7, 11) is 0. The van der Waals surface area contributed by atoms with Crippen molar-refractivity contribution >= 4 is 5.82 Å². The van der Waals surface area contributed by atoms with E-state index in [2.05, 4.69) is 24.1 Å². The van der Waals surface area contributed by atoms with Crippen LogP contribution in [0.25, 0.3) is 0 Å². The van der Waals surface area contributed by atoms with Crippen LogP contribution in [-0.2, 0) is 0 Å². The van der Waals surface area contributed by atoms with Gasteiger partial charge in [0.1, 0.15) is 0 Å². The molecule has 0 spiro atoms. The monoisotopic (exact) mass is 164 g/mol. The molecule has 1 N–H and O–H groups in total.